The average molecular weight is 182 g/mol. The van der Waals surface area contributed by atoms with Crippen LogP contribution in [0.5, 0.6) is 5.75 Å². The van der Waals surface area contributed by atoms with Crippen molar-refractivity contribution in [2.75, 3.05) is 6.54 Å². The van der Waals surface area contributed by atoms with E-state index in [1.54, 1.807) is 0 Å². The second-order valence-electron chi connectivity index (χ2n) is 2.85. The van der Waals surface area contributed by atoms with Crippen molar-refractivity contribution in [3.8, 4) is 5.75 Å². The van der Waals surface area contributed by atoms with Crippen LogP contribution in [0.3, 0.4) is 0 Å². The van der Waals surface area contributed by atoms with Crippen LogP contribution in [0.2, 0.25) is 0 Å². The zero-order chi connectivity index (χ0) is 9.68. The van der Waals surface area contributed by atoms with Gasteiger partial charge in [0.2, 0.25) is 0 Å². The van der Waals surface area contributed by atoms with Gasteiger partial charge in [-0.15, -0.1) is 0 Å². The van der Waals surface area contributed by atoms with Crippen LogP contribution >= 0.6 is 0 Å². The number of unbranched alkanes of at least 4 members (excludes halogenated alkanes) is 1. The number of aromatic amines is 1. The molecule has 1 heterocycles. The van der Waals surface area contributed by atoms with Crippen LogP contribution in [0, 0.1) is 0 Å². The molecule has 0 bridgehead atoms. The number of amides is 1. The zero-order valence-corrected chi connectivity index (χ0v) is 7.63. The van der Waals surface area contributed by atoms with E-state index in [1.165, 1.54) is 12.3 Å². The fourth-order valence-electron chi connectivity index (χ4n) is 1.01. The monoisotopic (exact) mass is 182 g/mol. The second-order valence-corrected chi connectivity index (χ2v) is 2.85. The molecule has 0 saturated heterocycles. The number of hydrogen-bond acceptors (Lipinski definition) is 2. The summed E-state index contributed by atoms with van der Waals surface area (Å²) in [5, 5.41) is 11.9. The maximum absolute atomic E-state index is 11.3. The Hall–Kier alpha value is -1.45. The van der Waals surface area contributed by atoms with Gasteiger partial charge in [0.1, 0.15) is 11.4 Å². The van der Waals surface area contributed by atoms with E-state index in [0.717, 1.165) is 12.8 Å². The highest BCUT2D eigenvalue weighted by Crippen LogP contribution is 2.13. The Morgan fingerprint density at radius 3 is 3.00 bits per heavy atom. The molecule has 0 aliphatic rings. The minimum Gasteiger partial charge on any atom is -0.505 e. The topological polar surface area (TPSA) is 65.1 Å². The van der Waals surface area contributed by atoms with E-state index in [0.29, 0.717) is 6.54 Å². The smallest absolute Gasteiger partial charge is 0.271 e. The first kappa shape index (κ1) is 9.64. The van der Waals surface area contributed by atoms with E-state index in [-0.39, 0.29) is 17.4 Å². The highest BCUT2D eigenvalue weighted by molar-refractivity contribution is 5.94. The molecule has 1 aromatic rings. The second kappa shape index (κ2) is 4.54. The SMILES string of the molecule is CCCCNC(=O)c1[nH]ccc1O. The Labute approximate surface area is 77.0 Å². The molecule has 0 aliphatic heterocycles. The maximum Gasteiger partial charge on any atom is 0.271 e. The third kappa shape index (κ3) is 2.50. The molecule has 1 aromatic heterocycles. The maximum atomic E-state index is 11.3. The quantitative estimate of drug-likeness (QED) is 0.613. The van der Waals surface area contributed by atoms with Crippen LogP contribution in [-0.4, -0.2) is 22.5 Å². The van der Waals surface area contributed by atoms with Crippen molar-refractivity contribution in [1.29, 1.82) is 0 Å². The molecule has 0 unspecified atom stereocenters. The van der Waals surface area contributed by atoms with Gasteiger partial charge in [-0.05, 0) is 12.5 Å². The summed E-state index contributed by atoms with van der Waals surface area (Å²) in [5.41, 5.74) is 0.233. The van der Waals surface area contributed by atoms with Gasteiger partial charge in [0.05, 0.1) is 0 Å². The summed E-state index contributed by atoms with van der Waals surface area (Å²) in [5.74, 6) is -0.259. The predicted molar refractivity (Wildman–Crippen MR) is 49.7 cm³/mol. The van der Waals surface area contributed by atoms with Crippen molar-refractivity contribution in [2.45, 2.75) is 19.8 Å². The summed E-state index contributed by atoms with van der Waals surface area (Å²) in [6, 6.07) is 1.45. The first-order valence-corrected chi connectivity index (χ1v) is 4.40. The number of aromatic hydroxyl groups is 1. The Morgan fingerprint density at radius 1 is 1.69 bits per heavy atom. The molecule has 1 rings (SSSR count). The lowest BCUT2D eigenvalue weighted by Gasteiger charge is -2.02. The summed E-state index contributed by atoms with van der Waals surface area (Å²) >= 11 is 0. The van der Waals surface area contributed by atoms with Gasteiger partial charge in [0.25, 0.3) is 5.91 Å². The lowest BCUT2D eigenvalue weighted by Crippen LogP contribution is -2.24. The van der Waals surface area contributed by atoms with Crippen LogP contribution in [0.15, 0.2) is 12.3 Å². The third-order valence-electron chi connectivity index (χ3n) is 1.77. The van der Waals surface area contributed by atoms with Gasteiger partial charge in [-0.25, -0.2) is 0 Å². The summed E-state index contributed by atoms with van der Waals surface area (Å²) in [6.45, 7) is 2.70. The van der Waals surface area contributed by atoms with Crippen molar-refractivity contribution < 1.29 is 9.90 Å². The molecule has 72 valence electrons. The van der Waals surface area contributed by atoms with Crippen molar-refractivity contribution in [2.24, 2.45) is 0 Å². The lowest BCUT2D eigenvalue weighted by molar-refractivity contribution is 0.0946. The van der Waals surface area contributed by atoms with E-state index in [2.05, 4.69) is 17.2 Å². The average Bonchev–Trinajstić information content (AvgIpc) is 2.52. The van der Waals surface area contributed by atoms with Crippen LogP contribution in [0.25, 0.3) is 0 Å². The van der Waals surface area contributed by atoms with Crippen LogP contribution in [0.1, 0.15) is 30.3 Å². The van der Waals surface area contributed by atoms with Crippen LogP contribution < -0.4 is 5.32 Å². The molecule has 0 saturated carbocycles. The number of nitrogens with one attached hydrogen (secondary N) is 2. The summed E-state index contributed by atoms with van der Waals surface area (Å²) in [7, 11) is 0. The van der Waals surface area contributed by atoms with Crippen LogP contribution in [-0.2, 0) is 0 Å². The fraction of sp³-hybridized carbons (Fsp3) is 0.444. The number of rotatable bonds is 4. The highest BCUT2D eigenvalue weighted by atomic mass is 16.3. The van der Waals surface area contributed by atoms with Crippen molar-refractivity contribution in [3.63, 3.8) is 0 Å². The van der Waals surface area contributed by atoms with Gasteiger partial charge in [-0.3, -0.25) is 4.79 Å². The molecule has 0 aliphatic carbocycles. The number of H-pyrrole nitrogens is 1. The van der Waals surface area contributed by atoms with Gasteiger partial charge >= 0.3 is 0 Å². The highest BCUT2D eigenvalue weighted by Gasteiger charge is 2.10. The molecular weight excluding hydrogens is 168 g/mol. The Kier molecular flexibility index (Phi) is 3.37. The van der Waals surface area contributed by atoms with Crippen molar-refractivity contribution in [3.05, 3.63) is 18.0 Å². The molecule has 0 radical (unpaired) electrons. The summed E-state index contributed by atoms with van der Waals surface area (Å²) in [6.07, 6.45) is 3.52. The van der Waals surface area contributed by atoms with Gasteiger partial charge in [0.15, 0.2) is 0 Å². The number of hydrogen-bond donors (Lipinski definition) is 3. The van der Waals surface area contributed by atoms with Gasteiger partial charge < -0.3 is 15.4 Å². The molecule has 13 heavy (non-hydrogen) atoms. The fourth-order valence-corrected chi connectivity index (χ4v) is 1.01. The zero-order valence-electron chi connectivity index (χ0n) is 7.63. The number of carbonyl (C=O) groups excluding carboxylic acids is 1. The minimum atomic E-state index is -0.254. The summed E-state index contributed by atoms with van der Waals surface area (Å²) in [4.78, 5) is 14.0. The molecule has 4 heteroatoms. The Bertz CT molecular complexity index is 281. The molecule has 3 N–H and O–H groups in total. The first-order valence-electron chi connectivity index (χ1n) is 4.40. The Balaban J connectivity index is 2.45. The largest absolute Gasteiger partial charge is 0.505 e. The van der Waals surface area contributed by atoms with E-state index >= 15 is 0 Å². The molecule has 0 aromatic carbocycles. The summed E-state index contributed by atoms with van der Waals surface area (Å²) < 4.78 is 0. The van der Waals surface area contributed by atoms with E-state index in [4.69, 9.17) is 0 Å². The van der Waals surface area contributed by atoms with Gasteiger partial charge in [-0.1, -0.05) is 13.3 Å². The van der Waals surface area contributed by atoms with E-state index < -0.39 is 0 Å². The van der Waals surface area contributed by atoms with Crippen LogP contribution in [0.4, 0.5) is 0 Å². The Morgan fingerprint density at radius 2 is 2.46 bits per heavy atom. The van der Waals surface area contributed by atoms with E-state index in [1.807, 2.05) is 0 Å². The molecule has 4 nitrogen and oxygen atoms in total. The van der Waals surface area contributed by atoms with Gasteiger partial charge in [0, 0.05) is 12.7 Å². The van der Waals surface area contributed by atoms with Gasteiger partial charge in [-0.2, -0.15) is 0 Å². The minimum absolute atomic E-state index is 0.00556. The molecule has 1 amide bonds. The van der Waals surface area contributed by atoms with Crippen molar-refractivity contribution in [1.82, 2.24) is 10.3 Å². The number of aromatic nitrogens is 1. The molecule has 0 fully saturated rings. The predicted octanol–water partition coefficient (Wildman–Crippen LogP) is 1.25. The molecular formula is C9H14N2O2. The molecule has 0 atom stereocenters. The van der Waals surface area contributed by atoms with Crippen molar-refractivity contribution >= 4 is 5.91 Å². The normalized spacial score (nSPS) is 9.92. The van der Waals surface area contributed by atoms with E-state index in [9.17, 15) is 9.90 Å². The lowest BCUT2D eigenvalue weighted by atomic mass is 10.3. The standard InChI is InChI=1S/C9H14N2O2/c1-2-3-5-11-9(13)8-7(12)4-6-10-8/h4,6,10,12H,2-3,5H2,1H3,(H,11,13). The third-order valence-corrected chi connectivity index (χ3v) is 1.77. The molecule has 0 spiro atoms. The number of carbonyl (C=O) groups is 1. The first-order chi connectivity index (χ1) is 6.25.